The van der Waals surface area contributed by atoms with Gasteiger partial charge in [-0.15, -0.1) is 0 Å². The van der Waals surface area contributed by atoms with Gasteiger partial charge in [0.15, 0.2) is 0 Å². The second-order valence-electron chi connectivity index (χ2n) is 4.15. The van der Waals surface area contributed by atoms with Gasteiger partial charge in [0, 0.05) is 30.9 Å². The molecule has 0 radical (unpaired) electrons. The molecule has 3 heteroatoms. The van der Waals surface area contributed by atoms with E-state index in [-0.39, 0.29) is 6.61 Å². The van der Waals surface area contributed by atoms with E-state index < -0.39 is 0 Å². The topological polar surface area (TPSA) is 45.1 Å². The molecule has 1 atom stereocenters. The highest BCUT2D eigenvalue weighted by Gasteiger charge is 2.30. The summed E-state index contributed by atoms with van der Waals surface area (Å²) < 4.78 is 0. The van der Waals surface area contributed by atoms with E-state index in [1.165, 1.54) is 12.8 Å². The zero-order chi connectivity index (χ0) is 10.5. The molecule has 15 heavy (non-hydrogen) atoms. The largest absolute Gasteiger partial charge is 0.395 e. The number of hydrogen-bond acceptors (Lipinski definition) is 3. The highest BCUT2D eigenvalue weighted by atomic mass is 16.3. The molecule has 1 unspecified atom stereocenters. The van der Waals surface area contributed by atoms with Crippen LogP contribution in [0.5, 0.6) is 0 Å². The number of hydrogen-bond donors (Lipinski definition) is 2. The van der Waals surface area contributed by atoms with Crippen LogP contribution in [-0.2, 0) is 6.42 Å². The number of aliphatic hydroxyl groups excluding tert-OH is 1. The summed E-state index contributed by atoms with van der Waals surface area (Å²) in [6.45, 7) is 0.902. The van der Waals surface area contributed by atoms with E-state index in [2.05, 4.69) is 16.4 Å². The molecule has 1 aliphatic rings. The number of pyridine rings is 1. The zero-order valence-corrected chi connectivity index (χ0v) is 8.89. The summed E-state index contributed by atoms with van der Waals surface area (Å²) in [7, 11) is 0. The molecule has 0 bridgehead atoms. The van der Waals surface area contributed by atoms with Crippen LogP contribution < -0.4 is 5.32 Å². The molecule has 0 saturated heterocycles. The molecule has 1 aromatic rings. The molecule has 82 valence electrons. The van der Waals surface area contributed by atoms with Gasteiger partial charge in [-0.2, -0.15) is 0 Å². The van der Waals surface area contributed by atoms with E-state index >= 15 is 0 Å². The minimum Gasteiger partial charge on any atom is -0.395 e. The smallest absolute Gasteiger partial charge is 0.0556 e. The Bertz CT molecular complexity index is 285. The predicted octanol–water partition coefficient (Wildman–Crippen LogP) is 0.985. The van der Waals surface area contributed by atoms with E-state index in [4.69, 9.17) is 5.11 Å². The van der Waals surface area contributed by atoms with Gasteiger partial charge in [0.25, 0.3) is 0 Å². The quantitative estimate of drug-likeness (QED) is 0.729. The Morgan fingerprint density at radius 2 is 2.33 bits per heavy atom. The minimum atomic E-state index is 0.214. The molecule has 0 aliphatic heterocycles. The second-order valence-corrected chi connectivity index (χ2v) is 4.15. The Balaban J connectivity index is 1.88. The van der Waals surface area contributed by atoms with Crippen molar-refractivity contribution < 1.29 is 5.11 Å². The molecule has 0 aromatic carbocycles. The molecule has 1 saturated carbocycles. The maximum absolute atomic E-state index is 8.81. The van der Waals surface area contributed by atoms with Crippen molar-refractivity contribution >= 4 is 0 Å². The lowest BCUT2D eigenvalue weighted by Gasteiger charge is -2.17. The van der Waals surface area contributed by atoms with Gasteiger partial charge in [-0.05, 0) is 30.9 Å². The summed E-state index contributed by atoms with van der Waals surface area (Å²) in [5.41, 5.74) is 1.14. The molecule has 1 heterocycles. The third-order valence-corrected chi connectivity index (χ3v) is 2.86. The van der Waals surface area contributed by atoms with Crippen LogP contribution in [0.1, 0.15) is 18.5 Å². The van der Waals surface area contributed by atoms with Crippen molar-refractivity contribution in [2.45, 2.75) is 25.3 Å². The summed E-state index contributed by atoms with van der Waals surface area (Å²) in [5, 5.41) is 12.2. The van der Waals surface area contributed by atoms with Crippen molar-refractivity contribution in [1.82, 2.24) is 10.3 Å². The average molecular weight is 206 g/mol. The van der Waals surface area contributed by atoms with Crippen LogP contribution in [0.15, 0.2) is 24.4 Å². The van der Waals surface area contributed by atoms with Crippen LogP contribution in [0.2, 0.25) is 0 Å². The second kappa shape index (κ2) is 5.24. The Hall–Kier alpha value is -0.930. The molecule has 0 amide bonds. The van der Waals surface area contributed by atoms with Gasteiger partial charge in [0.1, 0.15) is 0 Å². The number of aromatic nitrogens is 1. The Kier molecular flexibility index (Phi) is 3.69. The van der Waals surface area contributed by atoms with Crippen molar-refractivity contribution in [3.8, 4) is 0 Å². The Morgan fingerprint density at radius 3 is 2.93 bits per heavy atom. The van der Waals surface area contributed by atoms with Crippen LogP contribution >= 0.6 is 0 Å². The Morgan fingerprint density at radius 1 is 1.47 bits per heavy atom. The van der Waals surface area contributed by atoms with Gasteiger partial charge in [-0.25, -0.2) is 0 Å². The van der Waals surface area contributed by atoms with E-state index in [0.29, 0.717) is 12.6 Å². The van der Waals surface area contributed by atoms with Crippen LogP contribution in [0.3, 0.4) is 0 Å². The first-order chi connectivity index (χ1) is 7.40. The van der Waals surface area contributed by atoms with Crippen molar-refractivity contribution in [2.75, 3.05) is 13.2 Å². The van der Waals surface area contributed by atoms with Crippen molar-refractivity contribution in [2.24, 2.45) is 5.92 Å². The SMILES string of the molecule is OCCNC(Cc1ccccn1)C1CC1. The molecule has 3 nitrogen and oxygen atoms in total. The van der Waals surface area contributed by atoms with Crippen LogP contribution in [0, 0.1) is 5.92 Å². The number of nitrogens with zero attached hydrogens (tertiary/aromatic N) is 1. The van der Waals surface area contributed by atoms with Crippen molar-refractivity contribution in [3.63, 3.8) is 0 Å². The third kappa shape index (κ3) is 3.29. The van der Waals surface area contributed by atoms with E-state index in [1.807, 2.05) is 18.3 Å². The van der Waals surface area contributed by atoms with Gasteiger partial charge in [-0.1, -0.05) is 6.07 Å². The van der Waals surface area contributed by atoms with Crippen LogP contribution in [0.25, 0.3) is 0 Å². The fourth-order valence-corrected chi connectivity index (χ4v) is 1.90. The summed E-state index contributed by atoms with van der Waals surface area (Å²) in [4.78, 5) is 4.33. The normalized spacial score (nSPS) is 17.7. The molecule has 1 aromatic heterocycles. The molecular weight excluding hydrogens is 188 g/mol. The number of rotatable bonds is 6. The maximum Gasteiger partial charge on any atom is 0.0556 e. The van der Waals surface area contributed by atoms with E-state index in [1.54, 1.807) is 0 Å². The maximum atomic E-state index is 8.81. The monoisotopic (exact) mass is 206 g/mol. The van der Waals surface area contributed by atoms with Gasteiger partial charge >= 0.3 is 0 Å². The van der Waals surface area contributed by atoms with E-state index in [9.17, 15) is 0 Å². The Labute approximate surface area is 90.5 Å². The first kappa shape index (κ1) is 10.6. The molecular formula is C12H18N2O. The highest BCUT2D eigenvalue weighted by molar-refractivity contribution is 5.07. The van der Waals surface area contributed by atoms with Crippen LogP contribution in [-0.4, -0.2) is 29.3 Å². The van der Waals surface area contributed by atoms with Gasteiger partial charge < -0.3 is 10.4 Å². The lowest BCUT2D eigenvalue weighted by molar-refractivity contribution is 0.279. The predicted molar refractivity (Wildman–Crippen MR) is 59.5 cm³/mol. The van der Waals surface area contributed by atoms with E-state index in [0.717, 1.165) is 18.0 Å². The number of nitrogens with one attached hydrogen (secondary N) is 1. The molecule has 2 rings (SSSR count). The molecule has 2 N–H and O–H groups in total. The first-order valence-corrected chi connectivity index (χ1v) is 5.64. The summed E-state index contributed by atoms with van der Waals surface area (Å²) >= 11 is 0. The standard InChI is InChI=1S/C12H18N2O/c15-8-7-14-12(10-4-5-10)9-11-3-1-2-6-13-11/h1-3,6,10,12,14-15H,4-5,7-9H2. The average Bonchev–Trinajstić information content (AvgIpc) is 3.09. The van der Waals surface area contributed by atoms with Crippen molar-refractivity contribution in [1.29, 1.82) is 0 Å². The summed E-state index contributed by atoms with van der Waals surface area (Å²) in [5.74, 6) is 0.790. The molecule has 0 spiro atoms. The van der Waals surface area contributed by atoms with Crippen LogP contribution in [0.4, 0.5) is 0 Å². The molecule has 1 fully saturated rings. The van der Waals surface area contributed by atoms with Gasteiger partial charge in [0.05, 0.1) is 6.61 Å². The lowest BCUT2D eigenvalue weighted by atomic mass is 10.1. The van der Waals surface area contributed by atoms with Crippen molar-refractivity contribution in [3.05, 3.63) is 30.1 Å². The zero-order valence-electron chi connectivity index (χ0n) is 8.89. The fraction of sp³-hybridized carbons (Fsp3) is 0.583. The third-order valence-electron chi connectivity index (χ3n) is 2.86. The highest BCUT2D eigenvalue weighted by Crippen LogP contribution is 2.33. The summed E-state index contributed by atoms with van der Waals surface area (Å²) in [6.07, 6.45) is 5.45. The lowest BCUT2D eigenvalue weighted by Crippen LogP contribution is -2.35. The summed E-state index contributed by atoms with van der Waals surface area (Å²) in [6, 6.07) is 6.53. The van der Waals surface area contributed by atoms with Gasteiger partial charge in [-0.3, -0.25) is 4.98 Å². The minimum absolute atomic E-state index is 0.214. The fourth-order valence-electron chi connectivity index (χ4n) is 1.90. The number of aliphatic hydroxyl groups is 1. The first-order valence-electron chi connectivity index (χ1n) is 5.64. The molecule has 1 aliphatic carbocycles. The van der Waals surface area contributed by atoms with Gasteiger partial charge in [0.2, 0.25) is 0 Å².